The summed E-state index contributed by atoms with van der Waals surface area (Å²) in [4.78, 5) is 85.2. The highest BCUT2D eigenvalue weighted by Crippen LogP contribution is 2.09. The van der Waals surface area contributed by atoms with Gasteiger partial charge in [0, 0.05) is 31.7 Å². The van der Waals surface area contributed by atoms with Gasteiger partial charge in [-0.1, -0.05) is 20.3 Å². The lowest BCUT2D eigenvalue weighted by Crippen LogP contribution is -2.57. The van der Waals surface area contributed by atoms with Crippen molar-refractivity contribution in [3.05, 3.63) is 12.2 Å². The molecule has 1 unspecified atom stereocenters. The Kier molecular flexibility index (Phi) is 14.5. The number of aliphatic hydroxyl groups excluding tert-OH is 1. The number of carbonyl (C=O) groups excluding carboxylic acids is 7. The van der Waals surface area contributed by atoms with Crippen LogP contribution in [0.2, 0.25) is 0 Å². The summed E-state index contributed by atoms with van der Waals surface area (Å²) >= 11 is 0. The lowest BCUT2D eigenvalue weighted by molar-refractivity contribution is -0.137. The van der Waals surface area contributed by atoms with E-state index in [1.54, 1.807) is 13.8 Å². The maximum Gasteiger partial charge on any atom is 0.312 e. The number of unbranched alkanes of at least 4 members (excludes halogenated alkanes) is 2. The fourth-order valence-corrected chi connectivity index (χ4v) is 3.76. The van der Waals surface area contributed by atoms with E-state index < -0.39 is 48.3 Å². The van der Waals surface area contributed by atoms with Gasteiger partial charge in [0.2, 0.25) is 17.7 Å². The third-order valence-electron chi connectivity index (χ3n) is 6.04. The molecule has 216 valence electrons. The molecule has 7 N–H and O–H groups in total. The molecule has 0 saturated heterocycles. The molecule has 0 bridgehead atoms. The smallest absolute Gasteiger partial charge is 0.312 e. The lowest BCUT2D eigenvalue weighted by atomic mass is 9.95. The Bertz CT molecular complexity index is 939. The minimum Gasteiger partial charge on any atom is -0.394 e. The number of hydrogen-bond donors (Lipinski definition) is 6. The molecule has 0 aromatic rings. The predicted molar refractivity (Wildman–Crippen MR) is 142 cm³/mol. The van der Waals surface area contributed by atoms with Crippen molar-refractivity contribution in [1.82, 2.24) is 26.2 Å². The molecule has 0 saturated carbocycles. The molecular weight excluding hydrogens is 511 g/mol. The van der Waals surface area contributed by atoms with Gasteiger partial charge >= 0.3 is 6.03 Å². The van der Waals surface area contributed by atoms with Crippen LogP contribution in [0.15, 0.2) is 12.2 Å². The van der Waals surface area contributed by atoms with Crippen molar-refractivity contribution in [2.45, 2.75) is 70.5 Å². The number of imide groups is 1. The standard InChI is InChI=1S/C24H39BN6O8/c1-14(2)20(30-17(33)8-4-3-5-12-31-18(34)9-10-19(31)35)23(38)28-15(7-6-11-27-24(26)39)22(37)29-16(13-32)21(25)36/h9-10,14-16,20,32H,3-8,11-13,25H2,1-2H3,(H,28,38)(H,29,37)(H,30,33)(H3,26,27,39)/t15-,16-,20?/m0/s1. The normalized spacial score (nSPS) is 15.0. The minimum absolute atomic E-state index is 0.0875. The Labute approximate surface area is 228 Å². The van der Waals surface area contributed by atoms with Crippen LogP contribution in [0.1, 0.15) is 52.4 Å². The van der Waals surface area contributed by atoms with Crippen molar-refractivity contribution in [3.63, 3.8) is 0 Å². The van der Waals surface area contributed by atoms with E-state index in [1.165, 1.54) is 20.0 Å². The van der Waals surface area contributed by atoms with Gasteiger partial charge in [0.1, 0.15) is 23.8 Å². The maximum atomic E-state index is 13.1. The average molecular weight is 550 g/mol. The van der Waals surface area contributed by atoms with Gasteiger partial charge in [0.15, 0.2) is 7.85 Å². The van der Waals surface area contributed by atoms with Crippen molar-refractivity contribution in [2.24, 2.45) is 11.7 Å². The van der Waals surface area contributed by atoms with Crippen LogP contribution >= 0.6 is 0 Å². The number of nitrogens with two attached hydrogens (primary N) is 1. The number of carbonyl (C=O) groups is 7. The third-order valence-corrected chi connectivity index (χ3v) is 6.04. The number of nitrogens with one attached hydrogen (secondary N) is 4. The van der Waals surface area contributed by atoms with Crippen molar-refractivity contribution in [1.29, 1.82) is 0 Å². The molecule has 14 nitrogen and oxygen atoms in total. The Morgan fingerprint density at radius 3 is 2.08 bits per heavy atom. The highest BCUT2D eigenvalue weighted by atomic mass is 16.3. The van der Waals surface area contributed by atoms with Gasteiger partial charge in [0.25, 0.3) is 11.8 Å². The van der Waals surface area contributed by atoms with Crippen LogP contribution in [0.25, 0.3) is 0 Å². The molecule has 1 heterocycles. The third kappa shape index (κ3) is 12.1. The van der Waals surface area contributed by atoms with Gasteiger partial charge in [-0.15, -0.1) is 0 Å². The number of rotatable bonds is 18. The molecule has 0 fully saturated rings. The summed E-state index contributed by atoms with van der Waals surface area (Å²) in [7, 11) is 1.21. The molecule has 3 atom stereocenters. The summed E-state index contributed by atoms with van der Waals surface area (Å²) in [5.74, 6) is -2.71. The summed E-state index contributed by atoms with van der Waals surface area (Å²) in [5, 5.41) is 19.4. The molecule has 0 aromatic heterocycles. The van der Waals surface area contributed by atoms with Crippen molar-refractivity contribution in [3.8, 4) is 0 Å². The van der Waals surface area contributed by atoms with Gasteiger partial charge in [-0.3, -0.25) is 28.9 Å². The first-order valence-electron chi connectivity index (χ1n) is 13.0. The molecule has 39 heavy (non-hydrogen) atoms. The summed E-state index contributed by atoms with van der Waals surface area (Å²) < 4.78 is 0. The zero-order valence-corrected chi connectivity index (χ0v) is 22.7. The van der Waals surface area contributed by atoms with E-state index in [0.717, 1.165) is 4.90 Å². The second kappa shape index (κ2) is 17.0. The van der Waals surface area contributed by atoms with Crippen molar-refractivity contribution >= 4 is 49.1 Å². The maximum absolute atomic E-state index is 13.1. The van der Waals surface area contributed by atoms with Crippen LogP contribution in [-0.4, -0.2) is 96.9 Å². The van der Waals surface area contributed by atoms with Gasteiger partial charge in [-0.25, -0.2) is 4.79 Å². The molecule has 0 spiro atoms. The predicted octanol–water partition coefficient (Wildman–Crippen LogP) is -2.82. The minimum atomic E-state index is -1.14. The Hall–Kier alpha value is -3.75. The zero-order chi connectivity index (χ0) is 29.5. The average Bonchev–Trinajstić information content (AvgIpc) is 3.18. The first-order chi connectivity index (χ1) is 18.4. The van der Waals surface area contributed by atoms with Gasteiger partial charge in [0.05, 0.1) is 6.61 Å². The first kappa shape index (κ1) is 33.3. The SMILES string of the molecule is BC(=O)[C@H](CO)NC(=O)[C@H](CCCNC(N)=O)NC(=O)C(NC(=O)CCCCCN1C(=O)C=CC1=O)C(C)C. The van der Waals surface area contributed by atoms with E-state index in [1.807, 2.05) is 0 Å². The Morgan fingerprint density at radius 1 is 0.923 bits per heavy atom. The number of hydrogen-bond acceptors (Lipinski definition) is 8. The van der Waals surface area contributed by atoms with Crippen LogP contribution in [0.5, 0.6) is 0 Å². The number of amides is 7. The molecule has 0 aliphatic carbocycles. The summed E-state index contributed by atoms with van der Waals surface area (Å²) in [6.07, 6.45) is 4.52. The molecule has 7 amide bonds. The monoisotopic (exact) mass is 550 g/mol. The lowest BCUT2D eigenvalue weighted by Gasteiger charge is -2.26. The first-order valence-corrected chi connectivity index (χ1v) is 13.0. The van der Waals surface area contributed by atoms with E-state index in [9.17, 15) is 38.7 Å². The summed E-state index contributed by atoms with van der Waals surface area (Å²) in [6, 6.07) is -3.94. The quantitative estimate of drug-likeness (QED) is 0.0593. The van der Waals surface area contributed by atoms with Crippen LogP contribution in [0.4, 0.5) is 4.79 Å². The van der Waals surface area contributed by atoms with E-state index in [0.29, 0.717) is 19.3 Å². The fourth-order valence-electron chi connectivity index (χ4n) is 3.76. The number of urea groups is 1. The Balaban J connectivity index is 2.67. The molecule has 1 rings (SSSR count). The Morgan fingerprint density at radius 2 is 1.54 bits per heavy atom. The van der Waals surface area contributed by atoms with Crippen LogP contribution < -0.4 is 27.0 Å². The van der Waals surface area contributed by atoms with Crippen molar-refractivity contribution < 1.29 is 38.7 Å². The van der Waals surface area contributed by atoms with E-state index in [4.69, 9.17) is 5.73 Å². The molecule has 1 aliphatic heterocycles. The topological polar surface area (TPSA) is 217 Å². The highest BCUT2D eigenvalue weighted by molar-refractivity contribution is 6.59. The van der Waals surface area contributed by atoms with Gasteiger partial charge in [-0.05, 0) is 31.6 Å². The molecule has 0 aromatic carbocycles. The van der Waals surface area contributed by atoms with E-state index in [2.05, 4.69) is 21.3 Å². The molecule has 15 heteroatoms. The largest absolute Gasteiger partial charge is 0.394 e. The van der Waals surface area contributed by atoms with E-state index in [-0.39, 0.29) is 56.0 Å². The second-order valence-electron chi connectivity index (χ2n) is 9.61. The van der Waals surface area contributed by atoms with Crippen molar-refractivity contribution in [2.75, 3.05) is 19.7 Å². The van der Waals surface area contributed by atoms with E-state index >= 15 is 0 Å². The van der Waals surface area contributed by atoms with Gasteiger partial charge in [-0.2, -0.15) is 0 Å². The zero-order valence-electron chi connectivity index (χ0n) is 22.7. The van der Waals surface area contributed by atoms with Crippen LogP contribution in [-0.2, 0) is 28.8 Å². The number of primary amides is 1. The number of aliphatic hydroxyl groups is 1. The van der Waals surface area contributed by atoms with Crippen LogP contribution in [0, 0.1) is 5.92 Å². The second-order valence-corrected chi connectivity index (χ2v) is 9.61. The molecule has 0 radical (unpaired) electrons. The fraction of sp³-hybridized carbons (Fsp3) is 0.625. The molecule has 1 aliphatic rings. The highest BCUT2D eigenvalue weighted by Gasteiger charge is 2.30. The van der Waals surface area contributed by atoms with Gasteiger partial charge < -0.3 is 36.9 Å². The number of nitrogens with zero attached hydrogens (tertiary/aromatic N) is 1. The van der Waals surface area contributed by atoms with Crippen LogP contribution in [0.3, 0.4) is 0 Å². The molecular formula is C24H39BN6O8. The summed E-state index contributed by atoms with van der Waals surface area (Å²) in [5.41, 5.74) is 4.58. The summed E-state index contributed by atoms with van der Waals surface area (Å²) in [6.45, 7) is 3.25.